The Morgan fingerprint density at radius 3 is 2.70 bits per heavy atom. The van der Waals surface area contributed by atoms with E-state index in [9.17, 15) is 4.79 Å². The van der Waals surface area contributed by atoms with Crippen LogP contribution in [0.2, 0.25) is 0 Å². The number of aryl methyl sites for hydroxylation is 1. The van der Waals surface area contributed by atoms with Crippen molar-refractivity contribution in [2.24, 2.45) is 11.7 Å². The molecule has 20 heavy (non-hydrogen) atoms. The molecule has 0 radical (unpaired) electrons. The molecule has 0 aliphatic heterocycles. The van der Waals surface area contributed by atoms with Crippen molar-refractivity contribution in [2.75, 3.05) is 13.1 Å². The standard InChI is InChI=1S/C17H28N2O/c1-3-15(10-12-18)8-9-17(20)19-13-11-16-7-5-4-6-14(16)2/h4-7,15H,3,8-13,18H2,1-2H3,(H,19,20). The van der Waals surface area contributed by atoms with E-state index in [1.54, 1.807) is 0 Å². The maximum Gasteiger partial charge on any atom is 0.220 e. The van der Waals surface area contributed by atoms with Gasteiger partial charge < -0.3 is 11.1 Å². The summed E-state index contributed by atoms with van der Waals surface area (Å²) in [6.07, 6.45) is 4.59. The van der Waals surface area contributed by atoms with Crippen molar-refractivity contribution in [3.63, 3.8) is 0 Å². The van der Waals surface area contributed by atoms with Crippen molar-refractivity contribution in [1.82, 2.24) is 5.32 Å². The average Bonchev–Trinajstić information content (AvgIpc) is 2.45. The molecule has 0 saturated carbocycles. The third-order valence-electron chi connectivity index (χ3n) is 3.91. The highest BCUT2D eigenvalue weighted by molar-refractivity contribution is 5.75. The first kappa shape index (κ1) is 16.7. The van der Waals surface area contributed by atoms with E-state index in [2.05, 4.69) is 31.3 Å². The molecule has 1 rings (SSSR count). The van der Waals surface area contributed by atoms with Gasteiger partial charge in [0.15, 0.2) is 0 Å². The second-order valence-electron chi connectivity index (χ2n) is 5.42. The fraction of sp³-hybridized carbons (Fsp3) is 0.588. The van der Waals surface area contributed by atoms with Crippen LogP contribution in [-0.2, 0) is 11.2 Å². The summed E-state index contributed by atoms with van der Waals surface area (Å²) < 4.78 is 0. The van der Waals surface area contributed by atoms with Crippen LogP contribution in [0.4, 0.5) is 0 Å². The Morgan fingerprint density at radius 1 is 1.30 bits per heavy atom. The monoisotopic (exact) mass is 276 g/mol. The molecule has 1 aromatic rings. The Morgan fingerprint density at radius 2 is 2.05 bits per heavy atom. The van der Waals surface area contributed by atoms with Gasteiger partial charge in [0.25, 0.3) is 0 Å². The van der Waals surface area contributed by atoms with Crippen molar-refractivity contribution >= 4 is 5.91 Å². The summed E-state index contributed by atoms with van der Waals surface area (Å²) in [7, 11) is 0. The van der Waals surface area contributed by atoms with Gasteiger partial charge in [-0.15, -0.1) is 0 Å². The maximum absolute atomic E-state index is 11.8. The van der Waals surface area contributed by atoms with E-state index < -0.39 is 0 Å². The van der Waals surface area contributed by atoms with E-state index in [1.165, 1.54) is 11.1 Å². The zero-order valence-corrected chi connectivity index (χ0v) is 12.8. The third-order valence-corrected chi connectivity index (χ3v) is 3.91. The first-order valence-corrected chi connectivity index (χ1v) is 7.68. The van der Waals surface area contributed by atoms with Crippen LogP contribution >= 0.6 is 0 Å². The molecule has 0 saturated heterocycles. The number of carbonyl (C=O) groups is 1. The highest BCUT2D eigenvalue weighted by atomic mass is 16.1. The van der Waals surface area contributed by atoms with Gasteiger partial charge in [-0.1, -0.05) is 37.6 Å². The minimum absolute atomic E-state index is 0.161. The van der Waals surface area contributed by atoms with Crippen molar-refractivity contribution in [3.8, 4) is 0 Å². The van der Waals surface area contributed by atoms with Gasteiger partial charge >= 0.3 is 0 Å². The van der Waals surface area contributed by atoms with Crippen LogP contribution < -0.4 is 11.1 Å². The molecule has 1 unspecified atom stereocenters. The summed E-state index contributed by atoms with van der Waals surface area (Å²) in [6.45, 7) is 5.71. The largest absolute Gasteiger partial charge is 0.356 e. The normalized spacial score (nSPS) is 12.2. The summed E-state index contributed by atoms with van der Waals surface area (Å²) in [5.74, 6) is 0.746. The van der Waals surface area contributed by atoms with E-state index in [0.717, 1.165) is 32.2 Å². The number of hydrogen-bond donors (Lipinski definition) is 2. The number of benzene rings is 1. The van der Waals surface area contributed by atoms with Crippen LogP contribution in [0.15, 0.2) is 24.3 Å². The lowest BCUT2D eigenvalue weighted by Gasteiger charge is -2.13. The minimum atomic E-state index is 0.161. The highest BCUT2D eigenvalue weighted by Gasteiger charge is 2.08. The summed E-state index contributed by atoms with van der Waals surface area (Å²) >= 11 is 0. The van der Waals surface area contributed by atoms with Crippen molar-refractivity contribution in [1.29, 1.82) is 0 Å². The highest BCUT2D eigenvalue weighted by Crippen LogP contribution is 2.14. The summed E-state index contributed by atoms with van der Waals surface area (Å²) in [5.41, 5.74) is 8.17. The quantitative estimate of drug-likeness (QED) is 0.728. The third kappa shape index (κ3) is 6.20. The molecule has 0 aliphatic carbocycles. The van der Waals surface area contributed by atoms with Crippen LogP contribution in [-0.4, -0.2) is 19.0 Å². The number of carbonyl (C=O) groups excluding carboxylic acids is 1. The SMILES string of the molecule is CCC(CCN)CCC(=O)NCCc1ccccc1C. The van der Waals surface area contributed by atoms with Crippen molar-refractivity contribution in [3.05, 3.63) is 35.4 Å². The molecule has 0 fully saturated rings. The first-order valence-electron chi connectivity index (χ1n) is 7.68. The number of amides is 1. The van der Waals surface area contributed by atoms with Crippen LogP contribution in [0.3, 0.4) is 0 Å². The van der Waals surface area contributed by atoms with E-state index in [0.29, 0.717) is 18.9 Å². The van der Waals surface area contributed by atoms with E-state index >= 15 is 0 Å². The van der Waals surface area contributed by atoms with Crippen LogP contribution in [0.1, 0.15) is 43.7 Å². The van der Waals surface area contributed by atoms with Gasteiger partial charge in [0.05, 0.1) is 0 Å². The molecule has 1 atom stereocenters. The zero-order valence-electron chi connectivity index (χ0n) is 12.8. The average molecular weight is 276 g/mol. The predicted molar refractivity (Wildman–Crippen MR) is 84.6 cm³/mol. The van der Waals surface area contributed by atoms with Crippen LogP contribution in [0.5, 0.6) is 0 Å². The molecule has 3 N–H and O–H groups in total. The van der Waals surface area contributed by atoms with Gasteiger partial charge in [-0.25, -0.2) is 0 Å². The summed E-state index contributed by atoms with van der Waals surface area (Å²) in [5, 5.41) is 3.01. The van der Waals surface area contributed by atoms with E-state index in [-0.39, 0.29) is 5.91 Å². The Balaban J connectivity index is 2.22. The van der Waals surface area contributed by atoms with E-state index in [1.807, 2.05) is 12.1 Å². The van der Waals surface area contributed by atoms with Crippen LogP contribution in [0.25, 0.3) is 0 Å². The van der Waals surface area contributed by atoms with Gasteiger partial charge in [-0.05, 0) is 49.8 Å². The van der Waals surface area contributed by atoms with Gasteiger partial charge in [0, 0.05) is 13.0 Å². The van der Waals surface area contributed by atoms with Gasteiger partial charge in [-0.3, -0.25) is 4.79 Å². The Labute approximate surface area is 122 Å². The Bertz CT molecular complexity index is 404. The maximum atomic E-state index is 11.8. The topological polar surface area (TPSA) is 55.1 Å². The summed E-state index contributed by atoms with van der Waals surface area (Å²) in [4.78, 5) is 11.8. The predicted octanol–water partition coefficient (Wildman–Crippen LogP) is 2.81. The fourth-order valence-corrected chi connectivity index (χ4v) is 2.44. The van der Waals surface area contributed by atoms with E-state index in [4.69, 9.17) is 5.73 Å². The Kier molecular flexibility index (Phi) is 7.97. The van der Waals surface area contributed by atoms with Gasteiger partial charge in [0.2, 0.25) is 5.91 Å². The molecule has 3 heteroatoms. The Hall–Kier alpha value is -1.35. The van der Waals surface area contributed by atoms with Gasteiger partial charge in [-0.2, -0.15) is 0 Å². The minimum Gasteiger partial charge on any atom is -0.356 e. The smallest absolute Gasteiger partial charge is 0.220 e. The molecular formula is C17H28N2O. The summed E-state index contributed by atoms with van der Waals surface area (Å²) in [6, 6.07) is 8.31. The van der Waals surface area contributed by atoms with Gasteiger partial charge in [0.1, 0.15) is 0 Å². The molecule has 0 aromatic heterocycles. The van der Waals surface area contributed by atoms with Crippen molar-refractivity contribution < 1.29 is 4.79 Å². The molecule has 112 valence electrons. The second-order valence-corrected chi connectivity index (χ2v) is 5.42. The number of nitrogens with two attached hydrogens (primary N) is 1. The molecule has 0 spiro atoms. The van der Waals surface area contributed by atoms with Crippen molar-refractivity contribution in [2.45, 2.75) is 46.0 Å². The fourth-order valence-electron chi connectivity index (χ4n) is 2.44. The number of rotatable bonds is 9. The molecule has 0 aliphatic rings. The molecule has 1 amide bonds. The lowest BCUT2D eigenvalue weighted by Crippen LogP contribution is -2.26. The molecule has 3 nitrogen and oxygen atoms in total. The second kappa shape index (κ2) is 9.54. The number of hydrogen-bond acceptors (Lipinski definition) is 2. The molecular weight excluding hydrogens is 248 g/mol. The molecule has 0 bridgehead atoms. The lowest BCUT2D eigenvalue weighted by molar-refractivity contribution is -0.121. The zero-order chi connectivity index (χ0) is 14.8. The molecule has 1 aromatic carbocycles. The number of nitrogens with one attached hydrogen (secondary N) is 1. The first-order chi connectivity index (χ1) is 9.67. The lowest BCUT2D eigenvalue weighted by atomic mass is 9.96. The molecule has 0 heterocycles. The van der Waals surface area contributed by atoms with Crippen LogP contribution in [0, 0.1) is 12.8 Å².